The number of rotatable bonds is 3. The van der Waals surface area contributed by atoms with Crippen LogP contribution >= 0.6 is 0 Å². The number of fused-ring (bicyclic) bond motifs is 2. The number of furan rings is 1. The zero-order valence-corrected chi connectivity index (χ0v) is 18.6. The van der Waals surface area contributed by atoms with Crippen molar-refractivity contribution in [3.8, 4) is 11.5 Å². The number of hydrogen-bond donors (Lipinski definition) is 2. The van der Waals surface area contributed by atoms with Crippen LogP contribution in [0.1, 0.15) is 30.0 Å². The summed E-state index contributed by atoms with van der Waals surface area (Å²) >= 11 is 0. The van der Waals surface area contributed by atoms with Gasteiger partial charge in [0.25, 0.3) is 5.56 Å². The Morgan fingerprint density at radius 3 is 2.69 bits per heavy atom. The van der Waals surface area contributed by atoms with Gasteiger partial charge >= 0.3 is 6.18 Å². The molecule has 0 atom stereocenters. The fourth-order valence-electron chi connectivity index (χ4n) is 4.62. The van der Waals surface area contributed by atoms with Gasteiger partial charge in [0.05, 0.1) is 17.0 Å². The molecule has 9 nitrogen and oxygen atoms in total. The second-order valence-electron chi connectivity index (χ2n) is 8.48. The largest absolute Gasteiger partial charge is 0.454 e. The molecule has 0 bridgehead atoms. The number of aromatic amines is 1. The summed E-state index contributed by atoms with van der Waals surface area (Å²) in [5.41, 5.74) is 5.90. The number of hydrogen-bond acceptors (Lipinski definition) is 6. The highest BCUT2D eigenvalue weighted by Gasteiger charge is 2.33. The number of amides is 1. The number of carbonyl (C=O) groups is 1. The summed E-state index contributed by atoms with van der Waals surface area (Å²) in [5, 5.41) is 11.2. The SMILES string of the molecule is C=CC(=O)N1CCC(n2nc3c(=O)[nH]nc(N)c3c2-c2oc3ccc(C(F)(F)F)cc3c2C)CC1. The first-order valence-electron chi connectivity index (χ1n) is 10.9. The highest BCUT2D eigenvalue weighted by atomic mass is 19.4. The monoisotopic (exact) mass is 486 g/mol. The summed E-state index contributed by atoms with van der Waals surface area (Å²) < 4.78 is 47.6. The molecule has 182 valence electrons. The highest BCUT2D eigenvalue weighted by molar-refractivity contribution is 6.01. The first-order valence-corrected chi connectivity index (χ1v) is 10.9. The number of alkyl halides is 3. The molecule has 1 aromatic carbocycles. The molecule has 0 unspecified atom stereocenters. The third kappa shape index (κ3) is 3.65. The number of aromatic nitrogens is 4. The Morgan fingerprint density at radius 1 is 1.31 bits per heavy atom. The summed E-state index contributed by atoms with van der Waals surface area (Å²) in [6, 6.07) is 3.04. The first kappa shape index (κ1) is 22.7. The van der Waals surface area contributed by atoms with Gasteiger partial charge < -0.3 is 15.1 Å². The number of nitrogen functional groups attached to an aromatic ring is 1. The molecule has 3 aromatic heterocycles. The van der Waals surface area contributed by atoms with Crippen LogP contribution in [0, 0.1) is 6.92 Å². The van der Waals surface area contributed by atoms with Gasteiger partial charge in [-0.05, 0) is 44.0 Å². The van der Waals surface area contributed by atoms with Crippen LogP contribution in [0.25, 0.3) is 33.3 Å². The molecular formula is C23H21F3N6O3. The van der Waals surface area contributed by atoms with E-state index >= 15 is 0 Å². The molecule has 1 aliphatic heterocycles. The lowest BCUT2D eigenvalue weighted by atomic mass is 10.0. The van der Waals surface area contributed by atoms with Gasteiger partial charge in [-0.15, -0.1) is 0 Å². The van der Waals surface area contributed by atoms with Crippen molar-refractivity contribution in [2.75, 3.05) is 18.8 Å². The molecule has 0 radical (unpaired) electrons. The van der Waals surface area contributed by atoms with Crippen molar-refractivity contribution in [2.24, 2.45) is 0 Å². The Balaban J connectivity index is 1.70. The van der Waals surface area contributed by atoms with E-state index in [4.69, 9.17) is 10.2 Å². The van der Waals surface area contributed by atoms with Crippen LogP contribution < -0.4 is 11.3 Å². The molecule has 3 N–H and O–H groups in total. The number of benzene rings is 1. The summed E-state index contributed by atoms with van der Waals surface area (Å²) in [7, 11) is 0. The van der Waals surface area contributed by atoms with Crippen LogP contribution in [0.2, 0.25) is 0 Å². The number of aryl methyl sites for hydroxylation is 1. The Bertz CT molecular complexity index is 1540. The van der Waals surface area contributed by atoms with E-state index < -0.39 is 17.3 Å². The summed E-state index contributed by atoms with van der Waals surface area (Å²) in [6.45, 7) is 6.06. The predicted octanol–water partition coefficient (Wildman–Crippen LogP) is 3.79. The Labute approximate surface area is 196 Å². The second kappa shape index (κ2) is 8.00. The standard InChI is InChI=1S/C23H21F3N6O3/c1-3-16(33)31-8-6-13(7-9-31)32-19(17-18(30-32)22(34)29-28-21(17)27)20-11(2)14-10-12(23(24,25)26)4-5-15(14)35-20/h3-5,10,13H,1,6-9H2,2H3,(H2,27,28)(H,29,34). The number of H-pyrrole nitrogens is 1. The van der Waals surface area contributed by atoms with Crippen LogP contribution in [0.3, 0.4) is 0 Å². The fourth-order valence-corrected chi connectivity index (χ4v) is 4.62. The number of nitrogens with two attached hydrogens (primary N) is 1. The van der Waals surface area contributed by atoms with Crippen molar-refractivity contribution in [1.29, 1.82) is 0 Å². The second-order valence-corrected chi connectivity index (χ2v) is 8.48. The number of nitrogens with zero attached hydrogens (tertiary/aromatic N) is 4. The number of carbonyl (C=O) groups excluding carboxylic acids is 1. The average Bonchev–Trinajstić information content (AvgIpc) is 3.39. The minimum Gasteiger partial charge on any atom is -0.454 e. The highest BCUT2D eigenvalue weighted by Crippen LogP contribution is 2.41. The van der Waals surface area contributed by atoms with Crippen molar-refractivity contribution in [1.82, 2.24) is 24.9 Å². The molecule has 1 amide bonds. The molecule has 4 heterocycles. The lowest BCUT2D eigenvalue weighted by Gasteiger charge is -2.32. The summed E-state index contributed by atoms with van der Waals surface area (Å²) in [4.78, 5) is 26.2. The van der Waals surface area contributed by atoms with Crippen molar-refractivity contribution in [3.05, 3.63) is 52.3 Å². The van der Waals surface area contributed by atoms with E-state index in [-0.39, 0.29) is 40.0 Å². The van der Waals surface area contributed by atoms with Crippen LogP contribution in [0.5, 0.6) is 0 Å². The molecule has 1 fully saturated rings. The van der Waals surface area contributed by atoms with Crippen molar-refractivity contribution >= 4 is 33.6 Å². The number of anilines is 1. The van der Waals surface area contributed by atoms with Gasteiger partial charge in [-0.3, -0.25) is 14.3 Å². The maximum atomic E-state index is 13.3. The van der Waals surface area contributed by atoms with Gasteiger partial charge in [-0.1, -0.05) is 6.58 Å². The maximum Gasteiger partial charge on any atom is 0.416 e. The number of likely N-dealkylation sites (tertiary alicyclic amines) is 1. The number of halogens is 3. The van der Waals surface area contributed by atoms with Crippen LogP contribution in [0.4, 0.5) is 19.0 Å². The van der Waals surface area contributed by atoms with Crippen LogP contribution in [-0.4, -0.2) is 43.9 Å². The van der Waals surface area contributed by atoms with E-state index in [2.05, 4.69) is 21.9 Å². The number of nitrogens with one attached hydrogen (secondary N) is 1. The smallest absolute Gasteiger partial charge is 0.416 e. The zero-order chi connectivity index (χ0) is 25.1. The molecule has 4 aromatic rings. The van der Waals surface area contributed by atoms with Gasteiger partial charge in [0.1, 0.15) is 11.3 Å². The average molecular weight is 486 g/mol. The van der Waals surface area contributed by atoms with Crippen molar-refractivity contribution in [3.63, 3.8) is 0 Å². The van der Waals surface area contributed by atoms with Gasteiger partial charge in [-0.2, -0.15) is 23.4 Å². The minimum absolute atomic E-state index is 0.0101. The minimum atomic E-state index is -4.51. The molecular weight excluding hydrogens is 465 g/mol. The lowest BCUT2D eigenvalue weighted by molar-refractivity contribution is -0.137. The van der Waals surface area contributed by atoms with E-state index in [0.29, 0.717) is 42.6 Å². The topological polar surface area (TPSA) is 123 Å². The van der Waals surface area contributed by atoms with Crippen molar-refractivity contribution in [2.45, 2.75) is 32.0 Å². The third-order valence-electron chi connectivity index (χ3n) is 6.43. The molecule has 0 aliphatic carbocycles. The Kier molecular flexibility index (Phi) is 5.18. The Hall–Kier alpha value is -4.09. The summed E-state index contributed by atoms with van der Waals surface area (Å²) in [5.74, 6) is 0.0919. The van der Waals surface area contributed by atoms with Gasteiger partial charge in [0.2, 0.25) is 5.91 Å². The molecule has 0 spiro atoms. The quantitative estimate of drug-likeness (QED) is 0.425. The molecule has 12 heteroatoms. The van der Waals surface area contributed by atoms with E-state index in [1.54, 1.807) is 16.5 Å². The van der Waals surface area contributed by atoms with E-state index in [9.17, 15) is 22.8 Å². The van der Waals surface area contributed by atoms with E-state index in [1.165, 1.54) is 12.1 Å². The molecule has 35 heavy (non-hydrogen) atoms. The Morgan fingerprint density at radius 2 is 2.03 bits per heavy atom. The van der Waals surface area contributed by atoms with Crippen molar-refractivity contribution < 1.29 is 22.4 Å². The molecule has 1 aliphatic rings. The molecule has 5 rings (SSSR count). The maximum absolute atomic E-state index is 13.3. The first-order chi connectivity index (χ1) is 16.6. The predicted molar refractivity (Wildman–Crippen MR) is 123 cm³/mol. The number of piperidine rings is 1. The lowest BCUT2D eigenvalue weighted by Crippen LogP contribution is -2.38. The van der Waals surface area contributed by atoms with Crippen LogP contribution in [-0.2, 0) is 11.0 Å². The zero-order valence-electron chi connectivity index (χ0n) is 18.6. The molecule has 1 saturated heterocycles. The molecule has 0 saturated carbocycles. The van der Waals surface area contributed by atoms with Crippen LogP contribution in [0.15, 0.2) is 40.1 Å². The van der Waals surface area contributed by atoms with Gasteiger partial charge in [0.15, 0.2) is 17.1 Å². The van der Waals surface area contributed by atoms with E-state index in [1.807, 2.05) is 0 Å². The normalized spacial score (nSPS) is 15.3. The summed E-state index contributed by atoms with van der Waals surface area (Å²) in [6.07, 6.45) is -2.19. The van der Waals surface area contributed by atoms with Gasteiger partial charge in [-0.25, -0.2) is 5.10 Å². The van der Waals surface area contributed by atoms with E-state index in [0.717, 1.165) is 12.1 Å². The third-order valence-corrected chi connectivity index (χ3v) is 6.43. The fraction of sp³-hybridized carbons (Fsp3) is 0.304. The van der Waals surface area contributed by atoms with Gasteiger partial charge in [0, 0.05) is 24.0 Å².